The van der Waals surface area contributed by atoms with E-state index < -0.39 is 16.1 Å². The molecular weight excluding hydrogens is 392 g/mol. The van der Waals surface area contributed by atoms with Crippen LogP contribution >= 0.6 is 0 Å². The molecule has 1 amide bonds. The van der Waals surface area contributed by atoms with Crippen molar-refractivity contribution in [2.45, 2.75) is 25.8 Å². The maximum atomic E-state index is 12.8. The molecule has 0 heterocycles. The third-order valence-corrected chi connectivity index (χ3v) is 5.69. The van der Waals surface area contributed by atoms with Gasteiger partial charge < -0.3 is 14.8 Å². The summed E-state index contributed by atoms with van der Waals surface area (Å²) in [4.78, 5) is 12.8. The van der Waals surface area contributed by atoms with Crippen LogP contribution in [0.15, 0.2) is 48.5 Å². The van der Waals surface area contributed by atoms with Crippen LogP contribution in [0.5, 0.6) is 11.5 Å². The number of hydrogen-bond acceptors (Lipinski definition) is 5. The van der Waals surface area contributed by atoms with E-state index in [1.54, 1.807) is 38.3 Å². The van der Waals surface area contributed by atoms with Gasteiger partial charge in [-0.15, -0.1) is 0 Å². The molecule has 0 saturated carbocycles. The molecule has 1 N–H and O–H groups in total. The fourth-order valence-electron chi connectivity index (χ4n) is 3.05. The smallest absolute Gasteiger partial charge is 0.243 e. The van der Waals surface area contributed by atoms with Crippen molar-refractivity contribution in [3.8, 4) is 11.5 Å². The first-order valence-corrected chi connectivity index (χ1v) is 11.2. The fraction of sp³-hybridized carbons (Fsp3) is 0.381. The Morgan fingerprint density at radius 3 is 2.28 bits per heavy atom. The maximum absolute atomic E-state index is 12.8. The van der Waals surface area contributed by atoms with E-state index in [9.17, 15) is 13.2 Å². The standard InChI is InChI=1S/C21H28N2O5S/c1-5-20(21(24)22-14-13-16-9-11-18(27-2)12-10-16)23(29(4,25)26)17-7-6-8-19(15-17)28-3/h6-12,15,20H,5,13-14H2,1-4H3,(H,22,24). The zero-order valence-electron chi connectivity index (χ0n) is 17.2. The number of sulfonamides is 1. The number of nitrogens with zero attached hydrogens (tertiary/aromatic N) is 1. The van der Waals surface area contributed by atoms with Gasteiger partial charge >= 0.3 is 0 Å². The second kappa shape index (κ2) is 10.2. The quantitative estimate of drug-likeness (QED) is 0.639. The number of rotatable bonds is 10. The predicted molar refractivity (Wildman–Crippen MR) is 114 cm³/mol. The van der Waals surface area contributed by atoms with Gasteiger partial charge in [-0.25, -0.2) is 8.42 Å². The van der Waals surface area contributed by atoms with Crippen molar-refractivity contribution in [1.82, 2.24) is 5.32 Å². The van der Waals surface area contributed by atoms with Crippen molar-refractivity contribution in [3.63, 3.8) is 0 Å². The number of ether oxygens (including phenoxy) is 2. The third-order valence-electron chi connectivity index (χ3n) is 4.51. The van der Waals surface area contributed by atoms with Gasteiger partial charge in [-0.1, -0.05) is 25.1 Å². The summed E-state index contributed by atoms with van der Waals surface area (Å²) in [5, 5.41) is 2.85. The van der Waals surface area contributed by atoms with Gasteiger partial charge in [-0.2, -0.15) is 0 Å². The minimum Gasteiger partial charge on any atom is -0.497 e. The highest BCUT2D eigenvalue weighted by molar-refractivity contribution is 7.92. The molecule has 2 aromatic carbocycles. The van der Waals surface area contributed by atoms with Crippen LogP contribution in [-0.4, -0.2) is 47.4 Å². The van der Waals surface area contributed by atoms with Crippen LogP contribution in [0.4, 0.5) is 5.69 Å². The lowest BCUT2D eigenvalue weighted by molar-refractivity contribution is -0.122. The molecular formula is C21H28N2O5S. The number of nitrogens with one attached hydrogen (secondary N) is 1. The molecule has 158 valence electrons. The summed E-state index contributed by atoms with van der Waals surface area (Å²) in [6, 6.07) is 13.4. The molecule has 0 spiro atoms. The Morgan fingerprint density at radius 1 is 1.07 bits per heavy atom. The molecule has 0 aliphatic heterocycles. The zero-order valence-corrected chi connectivity index (χ0v) is 18.0. The van der Waals surface area contributed by atoms with E-state index in [2.05, 4.69) is 5.32 Å². The van der Waals surface area contributed by atoms with Crippen LogP contribution < -0.4 is 19.1 Å². The van der Waals surface area contributed by atoms with Gasteiger partial charge in [-0.05, 0) is 42.7 Å². The van der Waals surface area contributed by atoms with Gasteiger partial charge in [0.2, 0.25) is 15.9 Å². The van der Waals surface area contributed by atoms with Crippen molar-refractivity contribution in [1.29, 1.82) is 0 Å². The maximum Gasteiger partial charge on any atom is 0.243 e. The van der Waals surface area contributed by atoms with E-state index in [4.69, 9.17) is 9.47 Å². The van der Waals surface area contributed by atoms with E-state index >= 15 is 0 Å². The van der Waals surface area contributed by atoms with Gasteiger partial charge in [0, 0.05) is 12.6 Å². The summed E-state index contributed by atoms with van der Waals surface area (Å²) in [6.45, 7) is 2.18. The van der Waals surface area contributed by atoms with Crippen molar-refractivity contribution < 1.29 is 22.7 Å². The molecule has 8 heteroatoms. The molecule has 7 nitrogen and oxygen atoms in total. The summed E-state index contributed by atoms with van der Waals surface area (Å²) >= 11 is 0. The number of hydrogen-bond donors (Lipinski definition) is 1. The van der Waals surface area contributed by atoms with E-state index in [0.717, 1.165) is 21.9 Å². The molecule has 29 heavy (non-hydrogen) atoms. The van der Waals surface area contributed by atoms with Crippen LogP contribution in [0.25, 0.3) is 0 Å². The first kappa shape index (κ1) is 22.5. The first-order chi connectivity index (χ1) is 13.8. The second-order valence-corrected chi connectivity index (χ2v) is 8.43. The van der Waals surface area contributed by atoms with Crippen LogP contribution in [0.3, 0.4) is 0 Å². The average Bonchev–Trinajstić information content (AvgIpc) is 2.71. The average molecular weight is 421 g/mol. The van der Waals surface area contributed by atoms with E-state index in [-0.39, 0.29) is 5.91 Å². The van der Waals surface area contributed by atoms with Crippen LogP contribution in [0.1, 0.15) is 18.9 Å². The van der Waals surface area contributed by atoms with Gasteiger partial charge in [0.15, 0.2) is 0 Å². The Morgan fingerprint density at radius 2 is 1.72 bits per heavy atom. The number of amides is 1. The molecule has 0 radical (unpaired) electrons. The summed E-state index contributed by atoms with van der Waals surface area (Å²) in [6.07, 6.45) is 2.06. The van der Waals surface area contributed by atoms with Crippen molar-refractivity contribution in [3.05, 3.63) is 54.1 Å². The third kappa shape index (κ3) is 6.12. The Labute approximate surface area is 172 Å². The van der Waals surface area contributed by atoms with E-state index in [1.807, 2.05) is 24.3 Å². The minimum atomic E-state index is -3.68. The first-order valence-electron chi connectivity index (χ1n) is 9.34. The van der Waals surface area contributed by atoms with Crippen molar-refractivity contribution >= 4 is 21.6 Å². The SMILES string of the molecule is CCC(C(=O)NCCc1ccc(OC)cc1)N(c1cccc(OC)c1)S(C)(=O)=O. The molecule has 1 unspecified atom stereocenters. The number of methoxy groups -OCH3 is 2. The summed E-state index contributed by atoms with van der Waals surface area (Å²) < 4.78 is 36.4. The Bertz CT molecular complexity index is 913. The molecule has 0 bridgehead atoms. The van der Waals surface area contributed by atoms with Crippen LogP contribution in [0.2, 0.25) is 0 Å². The number of carbonyl (C=O) groups is 1. The number of carbonyl (C=O) groups excluding carboxylic acids is 1. The molecule has 0 aliphatic carbocycles. The molecule has 0 fully saturated rings. The summed E-state index contributed by atoms with van der Waals surface area (Å²) in [7, 11) is -0.567. The molecule has 2 aromatic rings. The highest BCUT2D eigenvalue weighted by Gasteiger charge is 2.31. The summed E-state index contributed by atoms with van der Waals surface area (Å²) in [5.41, 5.74) is 1.44. The molecule has 2 rings (SSSR count). The lowest BCUT2D eigenvalue weighted by atomic mass is 10.1. The normalized spacial score (nSPS) is 12.1. The van der Waals surface area contributed by atoms with Gasteiger partial charge in [0.25, 0.3) is 0 Å². The van der Waals surface area contributed by atoms with E-state index in [0.29, 0.717) is 30.8 Å². The lowest BCUT2D eigenvalue weighted by Gasteiger charge is -2.30. The van der Waals surface area contributed by atoms with Crippen molar-refractivity contribution in [2.24, 2.45) is 0 Å². The van der Waals surface area contributed by atoms with Crippen LogP contribution in [-0.2, 0) is 21.2 Å². The highest BCUT2D eigenvalue weighted by Crippen LogP contribution is 2.26. The molecule has 1 atom stereocenters. The largest absolute Gasteiger partial charge is 0.497 e. The molecule has 0 aromatic heterocycles. The van der Waals surface area contributed by atoms with Crippen molar-refractivity contribution in [2.75, 3.05) is 31.3 Å². The Kier molecular flexibility index (Phi) is 7.90. The summed E-state index contributed by atoms with van der Waals surface area (Å²) in [5.74, 6) is 0.950. The van der Waals surface area contributed by atoms with Gasteiger partial charge in [0.1, 0.15) is 17.5 Å². The lowest BCUT2D eigenvalue weighted by Crippen LogP contribution is -2.49. The number of anilines is 1. The minimum absolute atomic E-state index is 0.332. The van der Waals surface area contributed by atoms with Crippen LogP contribution in [0, 0.1) is 0 Å². The monoisotopic (exact) mass is 420 g/mol. The van der Waals surface area contributed by atoms with Gasteiger partial charge in [-0.3, -0.25) is 9.10 Å². The second-order valence-electron chi connectivity index (χ2n) is 6.57. The predicted octanol–water partition coefficient (Wildman–Crippen LogP) is 2.61. The Hall–Kier alpha value is -2.74. The van der Waals surface area contributed by atoms with Gasteiger partial charge in [0.05, 0.1) is 26.2 Å². The highest BCUT2D eigenvalue weighted by atomic mass is 32.2. The molecule has 0 aliphatic rings. The molecule has 0 saturated heterocycles. The fourth-order valence-corrected chi connectivity index (χ4v) is 4.25. The Balaban J connectivity index is 2.13. The number of benzene rings is 2. The topological polar surface area (TPSA) is 84.9 Å². The van der Waals surface area contributed by atoms with E-state index in [1.165, 1.54) is 7.11 Å². The zero-order chi connectivity index (χ0) is 21.4.